The van der Waals surface area contributed by atoms with E-state index in [0.29, 0.717) is 0 Å². The fraction of sp³-hybridized carbons (Fsp3) is 0.118. The third-order valence-electron chi connectivity index (χ3n) is 3.34. The number of hydrogen-bond donors (Lipinski definition) is 2. The molecular formula is C17H17N3. The molecule has 0 aliphatic rings. The van der Waals surface area contributed by atoms with Crippen molar-refractivity contribution in [2.75, 3.05) is 5.73 Å². The third-order valence-corrected chi connectivity index (χ3v) is 3.34. The lowest BCUT2D eigenvalue weighted by molar-refractivity contribution is 1.26. The quantitative estimate of drug-likeness (QED) is 0.688. The van der Waals surface area contributed by atoms with E-state index in [1.807, 2.05) is 31.2 Å². The van der Waals surface area contributed by atoms with Gasteiger partial charge in [0, 0.05) is 22.5 Å². The van der Waals surface area contributed by atoms with Gasteiger partial charge in [-0.2, -0.15) is 0 Å². The van der Waals surface area contributed by atoms with Crippen LogP contribution in [0.3, 0.4) is 0 Å². The average Bonchev–Trinajstić information content (AvgIpc) is 2.81. The molecule has 0 saturated carbocycles. The predicted molar refractivity (Wildman–Crippen MR) is 83.3 cm³/mol. The van der Waals surface area contributed by atoms with E-state index in [4.69, 9.17) is 10.7 Å². The molecule has 3 N–H and O–H groups in total. The molecule has 0 atom stereocenters. The monoisotopic (exact) mass is 263 g/mol. The first kappa shape index (κ1) is 12.5. The molecule has 3 nitrogen and oxygen atoms in total. The molecule has 3 aromatic rings. The molecule has 3 rings (SSSR count). The number of nitrogens with zero attached hydrogens (tertiary/aromatic N) is 1. The van der Waals surface area contributed by atoms with Crippen molar-refractivity contribution in [3.8, 4) is 22.6 Å². The van der Waals surface area contributed by atoms with E-state index in [-0.39, 0.29) is 0 Å². The molecule has 0 unspecified atom stereocenters. The molecule has 2 aromatic carbocycles. The lowest BCUT2D eigenvalue weighted by Gasteiger charge is -2.00. The summed E-state index contributed by atoms with van der Waals surface area (Å²) in [7, 11) is 0. The Bertz CT molecular complexity index is 756. The number of H-pyrrole nitrogens is 1. The number of aryl methyl sites for hydroxylation is 2. The Morgan fingerprint density at radius 2 is 1.70 bits per heavy atom. The second-order valence-corrected chi connectivity index (χ2v) is 5.05. The summed E-state index contributed by atoms with van der Waals surface area (Å²) in [5, 5.41) is 0. The van der Waals surface area contributed by atoms with Gasteiger partial charge in [-0.05, 0) is 32.0 Å². The highest BCUT2D eigenvalue weighted by atomic mass is 14.9. The Labute approximate surface area is 118 Å². The van der Waals surface area contributed by atoms with Gasteiger partial charge in [0.15, 0.2) is 0 Å². The zero-order chi connectivity index (χ0) is 14.1. The van der Waals surface area contributed by atoms with Crippen LogP contribution >= 0.6 is 0 Å². The van der Waals surface area contributed by atoms with Crippen LogP contribution in [-0.4, -0.2) is 9.97 Å². The van der Waals surface area contributed by atoms with Gasteiger partial charge in [-0.3, -0.25) is 0 Å². The molecule has 0 spiro atoms. The average molecular weight is 263 g/mol. The minimum absolute atomic E-state index is 0.744. The molecule has 0 saturated heterocycles. The van der Waals surface area contributed by atoms with Gasteiger partial charge in [-0.25, -0.2) is 4.98 Å². The number of nitrogens with two attached hydrogens (primary N) is 1. The zero-order valence-corrected chi connectivity index (χ0v) is 11.6. The molecular weight excluding hydrogens is 246 g/mol. The van der Waals surface area contributed by atoms with Gasteiger partial charge >= 0.3 is 0 Å². The highest BCUT2D eigenvalue weighted by Crippen LogP contribution is 2.26. The number of nitrogen functional groups attached to an aromatic ring is 1. The standard InChI is InChI=1S/C17H17N3/c1-11-5-3-6-13(9-11)16-12(2)19-17(20-16)14-7-4-8-15(18)10-14/h3-10H,18H2,1-2H3,(H,19,20). The number of hydrogen-bond acceptors (Lipinski definition) is 2. The number of anilines is 1. The Kier molecular flexibility index (Phi) is 3.03. The van der Waals surface area contributed by atoms with Crippen molar-refractivity contribution >= 4 is 5.69 Å². The number of aromatic nitrogens is 2. The molecule has 0 bridgehead atoms. The molecule has 0 radical (unpaired) electrons. The summed E-state index contributed by atoms with van der Waals surface area (Å²) in [5.74, 6) is 0.853. The van der Waals surface area contributed by atoms with Gasteiger partial charge in [0.05, 0.1) is 5.69 Å². The summed E-state index contributed by atoms with van der Waals surface area (Å²) in [4.78, 5) is 8.06. The van der Waals surface area contributed by atoms with Crippen molar-refractivity contribution in [3.05, 3.63) is 59.8 Å². The summed E-state index contributed by atoms with van der Waals surface area (Å²) in [6.07, 6.45) is 0. The predicted octanol–water partition coefficient (Wildman–Crippen LogP) is 3.94. The van der Waals surface area contributed by atoms with Crippen LogP contribution in [0.15, 0.2) is 48.5 Å². The number of imidazole rings is 1. The summed E-state index contributed by atoms with van der Waals surface area (Å²) < 4.78 is 0. The van der Waals surface area contributed by atoms with Crippen LogP contribution < -0.4 is 5.73 Å². The second kappa shape index (κ2) is 4.85. The Morgan fingerprint density at radius 3 is 2.45 bits per heavy atom. The van der Waals surface area contributed by atoms with Crippen LogP contribution in [0.2, 0.25) is 0 Å². The van der Waals surface area contributed by atoms with E-state index in [0.717, 1.165) is 34.0 Å². The van der Waals surface area contributed by atoms with Crippen LogP contribution in [0.4, 0.5) is 5.69 Å². The lowest BCUT2D eigenvalue weighted by Crippen LogP contribution is -1.86. The minimum atomic E-state index is 0.744. The second-order valence-electron chi connectivity index (χ2n) is 5.05. The van der Waals surface area contributed by atoms with E-state index in [2.05, 4.69) is 36.2 Å². The molecule has 0 aliphatic heterocycles. The first-order valence-electron chi connectivity index (χ1n) is 6.63. The normalized spacial score (nSPS) is 10.7. The number of nitrogens with one attached hydrogen (secondary N) is 1. The molecule has 0 aliphatic carbocycles. The van der Waals surface area contributed by atoms with Gasteiger partial charge in [-0.1, -0.05) is 35.9 Å². The minimum Gasteiger partial charge on any atom is -0.399 e. The van der Waals surface area contributed by atoms with Gasteiger partial charge in [0.2, 0.25) is 0 Å². The summed E-state index contributed by atoms with van der Waals surface area (Å²) in [5.41, 5.74) is 12.0. The van der Waals surface area contributed by atoms with E-state index < -0.39 is 0 Å². The zero-order valence-electron chi connectivity index (χ0n) is 11.6. The highest BCUT2D eigenvalue weighted by Gasteiger charge is 2.10. The SMILES string of the molecule is Cc1cccc(-c2nc(-c3cccc(N)c3)[nH]c2C)c1. The highest BCUT2D eigenvalue weighted by molar-refractivity contribution is 5.69. The van der Waals surface area contributed by atoms with Gasteiger partial charge in [-0.15, -0.1) is 0 Å². The van der Waals surface area contributed by atoms with Crippen molar-refractivity contribution < 1.29 is 0 Å². The van der Waals surface area contributed by atoms with E-state index in [9.17, 15) is 0 Å². The van der Waals surface area contributed by atoms with E-state index in [1.165, 1.54) is 5.56 Å². The van der Waals surface area contributed by atoms with Crippen LogP contribution in [0.25, 0.3) is 22.6 Å². The first-order valence-corrected chi connectivity index (χ1v) is 6.63. The van der Waals surface area contributed by atoms with Crippen LogP contribution in [0.1, 0.15) is 11.3 Å². The van der Waals surface area contributed by atoms with Crippen molar-refractivity contribution in [2.45, 2.75) is 13.8 Å². The third kappa shape index (κ3) is 2.30. The maximum absolute atomic E-state index is 5.83. The molecule has 1 aromatic heterocycles. The molecule has 20 heavy (non-hydrogen) atoms. The lowest BCUT2D eigenvalue weighted by atomic mass is 10.1. The number of rotatable bonds is 2. The number of aromatic amines is 1. The summed E-state index contributed by atoms with van der Waals surface area (Å²) in [6, 6.07) is 16.1. The Hall–Kier alpha value is -2.55. The molecule has 0 amide bonds. The molecule has 1 heterocycles. The summed E-state index contributed by atoms with van der Waals surface area (Å²) in [6.45, 7) is 4.13. The maximum atomic E-state index is 5.83. The largest absolute Gasteiger partial charge is 0.399 e. The molecule has 0 fully saturated rings. The van der Waals surface area contributed by atoms with Crippen molar-refractivity contribution in [1.82, 2.24) is 9.97 Å². The summed E-state index contributed by atoms with van der Waals surface area (Å²) >= 11 is 0. The van der Waals surface area contributed by atoms with Crippen LogP contribution in [-0.2, 0) is 0 Å². The fourth-order valence-electron chi connectivity index (χ4n) is 2.36. The topological polar surface area (TPSA) is 54.7 Å². The van der Waals surface area contributed by atoms with Crippen LogP contribution in [0, 0.1) is 13.8 Å². The fourth-order valence-corrected chi connectivity index (χ4v) is 2.36. The van der Waals surface area contributed by atoms with Crippen molar-refractivity contribution in [2.24, 2.45) is 0 Å². The molecule has 100 valence electrons. The smallest absolute Gasteiger partial charge is 0.138 e. The van der Waals surface area contributed by atoms with Gasteiger partial charge < -0.3 is 10.7 Å². The Balaban J connectivity index is 2.08. The van der Waals surface area contributed by atoms with E-state index >= 15 is 0 Å². The molecule has 3 heteroatoms. The van der Waals surface area contributed by atoms with Crippen molar-refractivity contribution in [3.63, 3.8) is 0 Å². The van der Waals surface area contributed by atoms with Crippen LogP contribution in [0.5, 0.6) is 0 Å². The van der Waals surface area contributed by atoms with E-state index in [1.54, 1.807) is 0 Å². The van der Waals surface area contributed by atoms with Crippen molar-refractivity contribution in [1.29, 1.82) is 0 Å². The number of benzene rings is 2. The Morgan fingerprint density at radius 1 is 0.950 bits per heavy atom. The maximum Gasteiger partial charge on any atom is 0.138 e. The first-order chi connectivity index (χ1) is 9.63. The van der Waals surface area contributed by atoms with Gasteiger partial charge in [0.25, 0.3) is 0 Å². The van der Waals surface area contributed by atoms with Gasteiger partial charge in [0.1, 0.15) is 5.82 Å².